The van der Waals surface area contributed by atoms with Crippen molar-refractivity contribution in [3.63, 3.8) is 0 Å². The summed E-state index contributed by atoms with van der Waals surface area (Å²) in [5.41, 5.74) is 4.76. The molecule has 2 aromatic carbocycles. The number of nitrogens with one attached hydrogen (secondary N) is 1. The monoisotopic (exact) mass is 339 g/mol. The number of unbranched alkanes of at least 4 members (excludes halogenated alkanes) is 2. The zero-order valence-electron chi connectivity index (χ0n) is 14.6. The molecule has 132 valence electrons. The average Bonchev–Trinajstić information content (AvgIpc) is 2.94. The minimum atomic E-state index is -0.845. The van der Waals surface area contributed by atoms with E-state index in [0.717, 1.165) is 19.3 Å². The number of carbonyl (C=O) groups excluding carboxylic acids is 1. The number of fused-ring (bicyclic) bond motifs is 3. The molecule has 3 rings (SSSR count). The molecule has 0 bridgehead atoms. The van der Waals surface area contributed by atoms with Crippen molar-refractivity contribution in [2.45, 2.75) is 44.8 Å². The van der Waals surface area contributed by atoms with Crippen LogP contribution in [0.3, 0.4) is 0 Å². The largest absolute Gasteiger partial charge is 0.448 e. The van der Waals surface area contributed by atoms with Crippen LogP contribution in [0.1, 0.15) is 49.7 Å². The number of aliphatic hydroxyl groups excluding tert-OH is 1. The third-order valence-electron chi connectivity index (χ3n) is 4.71. The molecule has 0 aliphatic heterocycles. The quantitative estimate of drug-likeness (QED) is 0.580. The lowest BCUT2D eigenvalue weighted by Crippen LogP contribution is -2.35. The average molecular weight is 339 g/mol. The molecular formula is C21H25NO3. The summed E-state index contributed by atoms with van der Waals surface area (Å²) in [7, 11) is 0. The van der Waals surface area contributed by atoms with Gasteiger partial charge in [0, 0.05) is 5.92 Å². The Balaban J connectivity index is 1.61. The molecular weight excluding hydrogens is 314 g/mol. The predicted octanol–water partition coefficient (Wildman–Crippen LogP) is 4.42. The van der Waals surface area contributed by atoms with Crippen molar-refractivity contribution in [3.8, 4) is 11.1 Å². The van der Waals surface area contributed by atoms with Gasteiger partial charge in [-0.1, -0.05) is 68.3 Å². The van der Waals surface area contributed by atoms with Crippen molar-refractivity contribution < 1.29 is 14.6 Å². The first-order valence-electron chi connectivity index (χ1n) is 9.00. The lowest BCUT2D eigenvalue weighted by Gasteiger charge is -2.16. The Bertz CT molecular complexity index is 683. The third-order valence-corrected chi connectivity index (χ3v) is 4.71. The highest BCUT2D eigenvalue weighted by Gasteiger charge is 2.29. The summed E-state index contributed by atoms with van der Waals surface area (Å²) >= 11 is 0. The molecule has 25 heavy (non-hydrogen) atoms. The maximum Gasteiger partial charge on any atom is 0.409 e. The number of rotatable bonds is 7. The van der Waals surface area contributed by atoms with Crippen LogP contribution in [0.4, 0.5) is 4.79 Å². The number of benzene rings is 2. The number of aliphatic hydroxyl groups is 1. The molecule has 0 aromatic heterocycles. The highest BCUT2D eigenvalue weighted by molar-refractivity contribution is 5.79. The first kappa shape index (κ1) is 17.5. The number of ether oxygens (including phenoxy) is 1. The first-order chi connectivity index (χ1) is 12.2. The third kappa shape index (κ3) is 4.02. The minimum absolute atomic E-state index is 0.0374. The van der Waals surface area contributed by atoms with E-state index in [4.69, 9.17) is 4.74 Å². The number of alkyl carbamates (subject to hydrolysis) is 1. The van der Waals surface area contributed by atoms with Crippen LogP contribution in [0.25, 0.3) is 11.1 Å². The van der Waals surface area contributed by atoms with Crippen molar-refractivity contribution in [3.05, 3.63) is 59.7 Å². The van der Waals surface area contributed by atoms with Gasteiger partial charge in [0.15, 0.2) is 0 Å². The molecule has 0 heterocycles. The van der Waals surface area contributed by atoms with Crippen molar-refractivity contribution >= 4 is 6.09 Å². The van der Waals surface area contributed by atoms with Gasteiger partial charge in [0.1, 0.15) is 12.8 Å². The number of carbonyl (C=O) groups is 1. The second-order valence-electron chi connectivity index (χ2n) is 6.48. The zero-order chi connectivity index (χ0) is 17.6. The maximum atomic E-state index is 12.0. The summed E-state index contributed by atoms with van der Waals surface area (Å²) in [5, 5.41) is 12.3. The van der Waals surface area contributed by atoms with Crippen LogP contribution in [0, 0.1) is 0 Å². The zero-order valence-corrected chi connectivity index (χ0v) is 14.6. The van der Waals surface area contributed by atoms with Crippen LogP contribution in [-0.2, 0) is 4.74 Å². The van der Waals surface area contributed by atoms with Gasteiger partial charge in [-0.2, -0.15) is 0 Å². The van der Waals surface area contributed by atoms with E-state index in [1.807, 2.05) is 24.3 Å². The Hall–Kier alpha value is -2.33. The van der Waals surface area contributed by atoms with E-state index in [1.165, 1.54) is 22.3 Å². The fourth-order valence-electron chi connectivity index (χ4n) is 3.44. The molecule has 1 atom stereocenters. The standard InChI is InChI=1S/C21H25NO3/c1-2-3-4-13-20(23)22-21(24)25-14-19-17-11-7-5-9-15(17)16-10-6-8-12-18(16)19/h5-12,19-20,23H,2-4,13-14H2,1H3,(H,22,24). The highest BCUT2D eigenvalue weighted by atomic mass is 16.6. The Kier molecular flexibility index (Phi) is 5.71. The van der Waals surface area contributed by atoms with Crippen LogP contribution in [0.15, 0.2) is 48.5 Å². The summed E-state index contributed by atoms with van der Waals surface area (Å²) in [6.45, 7) is 2.37. The predicted molar refractivity (Wildman–Crippen MR) is 98.4 cm³/mol. The molecule has 1 unspecified atom stereocenters. The Morgan fingerprint density at radius 2 is 1.68 bits per heavy atom. The van der Waals surface area contributed by atoms with E-state index in [2.05, 4.69) is 36.5 Å². The number of amides is 1. The summed E-state index contributed by atoms with van der Waals surface area (Å²) < 4.78 is 5.41. The summed E-state index contributed by atoms with van der Waals surface area (Å²) in [5.74, 6) is 0.0374. The fraction of sp³-hybridized carbons (Fsp3) is 0.381. The van der Waals surface area contributed by atoms with Gasteiger partial charge in [-0.25, -0.2) is 4.79 Å². The molecule has 1 aliphatic carbocycles. The lowest BCUT2D eigenvalue weighted by atomic mass is 9.98. The normalized spacial score (nSPS) is 13.8. The Labute approximate surface area is 148 Å². The second-order valence-corrected chi connectivity index (χ2v) is 6.48. The molecule has 0 fully saturated rings. The molecule has 0 saturated heterocycles. The minimum Gasteiger partial charge on any atom is -0.448 e. The van der Waals surface area contributed by atoms with E-state index in [0.29, 0.717) is 6.42 Å². The van der Waals surface area contributed by atoms with Crippen LogP contribution in [0.2, 0.25) is 0 Å². The van der Waals surface area contributed by atoms with Crippen molar-refractivity contribution in [1.29, 1.82) is 0 Å². The van der Waals surface area contributed by atoms with Crippen LogP contribution in [-0.4, -0.2) is 24.0 Å². The number of hydrogen-bond donors (Lipinski definition) is 2. The first-order valence-corrected chi connectivity index (χ1v) is 9.00. The second kappa shape index (κ2) is 8.17. The Morgan fingerprint density at radius 1 is 1.08 bits per heavy atom. The SMILES string of the molecule is CCCCCC(O)NC(=O)OCC1c2ccccc2-c2ccccc21. The van der Waals surface area contributed by atoms with Gasteiger partial charge in [0.2, 0.25) is 0 Å². The van der Waals surface area contributed by atoms with Gasteiger partial charge in [0.05, 0.1) is 0 Å². The van der Waals surface area contributed by atoms with Gasteiger partial charge in [-0.15, -0.1) is 0 Å². The van der Waals surface area contributed by atoms with E-state index >= 15 is 0 Å². The van der Waals surface area contributed by atoms with E-state index in [-0.39, 0.29) is 12.5 Å². The van der Waals surface area contributed by atoms with Crippen molar-refractivity contribution in [2.75, 3.05) is 6.61 Å². The molecule has 0 spiro atoms. The summed E-state index contributed by atoms with van der Waals surface area (Å²) in [6, 6.07) is 16.4. The van der Waals surface area contributed by atoms with Gasteiger partial charge in [0.25, 0.3) is 0 Å². The topological polar surface area (TPSA) is 58.6 Å². The van der Waals surface area contributed by atoms with Crippen LogP contribution >= 0.6 is 0 Å². The van der Waals surface area contributed by atoms with E-state index < -0.39 is 12.3 Å². The highest BCUT2D eigenvalue weighted by Crippen LogP contribution is 2.44. The molecule has 2 N–H and O–H groups in total. The molecule has 1 amide bonds. The molecule has 4 heteroatoms. The Morgan fingerprint density at radius 3 is 2.28 bits per heavy atom. The van der Waals surface area contributed by atoms with Crippen molar-refractivity contribution in [2.24, 2.45) is 0 Å². The van der Waals surface area contributed by atoms with Crippen LogP contribution < -0.4 is 5.32 Å². The van der Waals surface area contributed by atoms with Crippen molar-refractivity contribution in [1.82, 2.24) is 5.32 Å². The van der Waals surface area contributed by atoms with Gasteiger partial charge >= 0.3 is 6.09 Å². The molecule has 1 aliphatic rings. The van der Waals surface area contributed by atoms with Crippen LogP contribution in [0.5, 0.6) is 0 Å². The van der Waals surface area contributed by atoms with E-state index in [1.54, 1.807) is 0 Å². The molecule has 4 nitrogen and oxygen atoms in total. The van der Waals surface area contributed by atoms with Gasteiger partial charge in [-0.05, 0) is 35.1 Å². The van der Waals surface area contributed by atoms with Gasteiger partial charge in [-0.3, -0.25) is 5.32 Å². The maximum absolute atomic E-state index is 12.0. The molecule has 0 radical (unpaired) electrons. The molecule has 2 aromatic rings. The summed E-state index contributed by atoms with van der Waals surface area (Å²) in [4.78, 5) is 12.0. The number of hydrogen-bond acceptors (Lipinski definition) is 3. The summed E-state index contributed by atoms with van der Waals surface area (Å²) in [6.07, 6.45) is 2.16. The lowest BCUT2D eigenvalue weighted by molar-refractivity contribution is 0.0912. The fourth-order valence-corrected chi connectivity index (χ4v) is 3.44. The smallest absolute Gasteiger partial charge is 0.409 e. The molecule has 0 saturated carbocycles. The van der Waals surface area contributed by atoms with E-state index in [9.17, 15) is 9.90 Å². The van der Waals surface area contributed by atoms with Gasteiger partial charge < -0.3 is 9.84 Å².